The molecule has 0 aliphatic carbocycles. The highest BCUT2D eigenvalue weighted by Gasteiger charge is 2.11. The molecule has 0 aliphatic heterocycles. The average molecular weight is 374 g/mol. The van der Waals surface area contributed by atoms with Crippen molar-refractivity contribution in [3.8, 4) is 5.75 Å². The molecule has 0 bridgehead atoms. The van der Waals surface area contributed by atoms with E-state index in [2.05, 4.69) is 30.1 Å². The van der Waals surface area contributed by atoms with Crippen molar-refractivity contribution in [3.63, 3.8) is 0 Å². The molecule has 6 heteroatoms. The van der Waals surface area contributed by atoms with Gasteiger partial charge in [0.1, 0.15) is 12.4 Å². The van der Waals surface area contributed by atoms with Gasteiger partial charge in [0.15, 0.2) is 11.0 Å². The highest BCUT2D eigenvalue weighted by Crippen LogP contribution is 2.25. The molecule has 25 heavy (non-hydrogen) atoms. The van der Waals surface area contributed by atoms with Gasteiger partial charge >= 0.3 is 0 Å². The number of hydrogen-bond donors (Lipinski definition) is 0. The Balaban J connectivity index is 1.62. The molecule has 0 saturated heterocycles. The fourth-order valence-corrected chi connectivity index (χ4v) is 3.52. The number of hydrogen-bond acceptors (Lipinski definition) is 4. The first-order chi connectivity index (χ1) is 12.0. The molecule has 0 radical (unpaired) electrons. The van der Waals surface area contributed by atoms with Gasteiger partial charge in [-0.25, -0.2) is 0 Å². The summed E-state index contributed by atoms with van der Waals surface area (Å²) in [5.74, 6) is 2.39. The zero-order valence-electron chi connectivity index (χ0n) is 14.5. The van der Waals surface area contributed by atoms with Crippen LogP contribution < -0.4 is 4.74 Å². The van der Waals surface area contributed by atoms with Crippen LogP contribution in [0.4, 0.5) is 0 Å². The van der Waals surface area contributed by atoms with Crippen molar-refractivity contribution in [2.45, 2.75) is 31.4 Å². The second-order valence-corrected chi connectivity index (χ2v) is 7.22. The van der Waals surface area contributed by atoms with E-state index in [0.29, 0.717) is 6.61 Å². The summed E-state index contributed by atoms with van der Waals surface area (Å²) in [7, 11) is 1.95. The highest BCUT2D eigenvalue weighted by atomic mass is 35.5. The van der Waals surface area contributed by atoms with Gasteiger partial charge in [0, 0.05) is 17.8 Å². The minimum Gasteiger partial charge on any atom is -0.486 e. The summed E-state index contributed by atoms with van der Waals surface area (Å²) in [6.45, 7) is 4.55. The zero-order chi connectivity index (χ0) is 17.8. The van der Waals surface area contributed by atoms with Crippen LogP contribution in [0.1, 0.15) is 22.5 Å². The first-order valence-corrected chi connectivity index (χ1v) is 9.35. The average Bonchev–Trinajstić information content (AvgIpc) is 2.95. The Bertz CT molecular complexity index is 879. The van der Waals surface area contributed by atoms with Crippen LogP contribution in [0.5, 0.6) is 5.75 Å². The second kappa shape index (κ2) is 7.93. The lowest BCUT2D eigenvalue weighted by Crippen LogP contribution is -2.04. The molecule has 0 fully saturated rings. The van der Waals surface area contributed by atoms with Gasteiger partial charge in [0.2, 0.25) is 0 Å². The molecule has 1 heterocycles. The summed E-state index contributed by atoms with van der Waals surface area (Å²) < 4.78 is 7.81. The summed E-state index contributed by atoms with van der Waals surface area (Å²) in [4.78, 5) is 0. The molecular weight excluding hydrogens is 354 g/mol. The van der Waals surface area contributed by atoms with E-state index in [1.807, 2.05) is 48.0 Å². The number of benzene rings is 2. The monoisotopic (exact) mass is 373 g/mol. The molecule has 3 aromatic rings. The van der Waals surface area contributed by atoms with E-state index in [1.165, 1.54) is 11.1 Å². The van der Waals surface area contributed by atoms with Gasteiger partial charge in [-0.2, -0.15) is 0 Å². The molecule has 4 nitrogen and oxygen atoms in total. The van der Waals surface area contributed by atoms with E-state index >= 15 is 0 Å². The molecule has 130 valence electrons. The lowest BCUT2D eigenvalue weighted by molar-refractivity contribution is 0.290. The molecule has 0 saturated carbocycles. The van der Waals surface area contributed by atoms with Crippen LogP contribution in [0.2, 0.25) is 5.02 Å². The minimum absolute atomic E-state index is 0.388. The maximum Gasteiger partial charge on any atom is 0.191 e. The van der Waals surface area contributed by atoms with E-state index in [4.69, 9.17) is 16.3 Å². The van der Waals surface area contributed by atoms with E-state index in [9.17, 15) is 0 Å². The first kappa shape index (κ1) is 17.8. The Morgan fingerprint density at radius 2 is 1.88 bits per heavy atom. The number of thioether (sulfide) groups is 1. The van der Waals surface area contributed by atoms with Crippen LogP contribution in [0, 0.1) is 13.8 Å². The van der Waals surface area contributed by atoms with Gasteiger partial charge in [-0.15, -0.1) is 10.2 Å². The van der Waals surface area contributed by atoms with Crippen molar-refractivity contribution in [2.75, 3.05) is 0 Å². The molecule has 3 rings (SSSR count). The van der Waals surface area contributed by atoms with Crippen molar-refractivity contribution in [1.29, 1.82) is 0 Å². The number of ether oxygens (including phenoxy) is 1. The van der Waals surface area contributed by atoms with Crippen LogP contribution in [0.15, 0.2) is 47.6 Å². The lowest BCUT2D eigenvalue weighted by atomic mass is 10.1. The number of rotatable bonds is 6. The van der Waals surface area contributed by atoms with Crippen LogP contribution in [0.3, 0.4) is 0 Å². The molecule has 0 spiro atoms. The van der Waals surface area contributed by atoms with E-state index in [1.54, 1.807) is 11.8 Å². The minimum atomic E-state index is 0.388. The fraction of sp³-hybridized carbons (Fsp3) is 0.263. The number of halogens is 1. The number of nitrogens with zero attached hydrogens (tertiary/aromatic N) is 3. The third kappa shape index (κ3) is 4.35. The Kier molecular flexibility index (Phi) is 5.66. The largest absolute Gasteiger partial charge is 0.486 e. The SMILES string of the molecule is Cc1ccc(OCc2nnc(SCc3ccccc3Cl)n2C)cc1C. The normalized spacial score (nSPS) is 10.9. The maximum absolute atomic E-state index is 6.20. The Labute approximate surface area is 157 Å². The Morgan fingerprint density at radius 3 is 2.64 bits per heavy atom. The van der Waals surface area contributed by atoms with Crippen LogP contribution in [0.25, 0.3) is 0 Å². The molecule has 0 N–H and O–H groups in total. The van der Waals surface area contributed by atoms with Crippen LogP contribution in [-0.2, 0) is 19.4 Å². The highest BCUT2D eigenvalue weighted by molar-refractivity contribution is 7.98. The van der Waals surface area contributed by atoms with Crippen molar-refractivity contribution >= 4 is 23.4 Å². The number of aromatic nitrogens is 3. The molecule has 0 unspecified atom stereocenters. The predicted octanol–water partition coefficient (Wildman–Crippen LogP) is 4.96. The van der Waals surface area contributed by atoms with Gasteiger partial charge in [0.25, 0.3) is 0 Å². The smallest absolute Gasteiger partial charge is 0.191 e. The zero-order valence-corrected chi connectivity index (χ0v) is 16.1. The summed E-state index contributed by atoms with van der Waals surface area (Å²) in [6, 6.07) is 13.9. The van der Waals surface area contributed by atoms with E-state index in [-0.39, 0.29) is 0 Å². The summed E-state index contributed by atoms with van der Waals surface area (Å²) in [5, 5.41) is 10.1. The van der Waals surface area contributed by atoms with Crippen molar-refractivity contribution < 1.29 is 4.74 Å². The van der Waals surface area contributed by atoms with Crippen LogP contribution >= 0.6 is 23.4 Å². The molecule has 2 aromatic carbocycles. The van der Waals surface area contributed by atoms with Crippen LogP contribution in [-0.4, -0.2) is 14.8 Å². The Hall–Kier alpha value is -1.98. The first-order valence-electron chi connectivity index (χ1n) is 7.99. The fourth-order valence-electron chi connectivity index (χ4n) is 2.31. The Morgan fingerprint density at radius 1 is 1.08 bits per heavy atom. The topological polar surface area (TPSA) is 39.9 Å². The van der Waals surface area contributed by atoms with E-state index in [0.717, 1.165) is 33.1 Å². The van der Waals surface area contributed by atoms with Gasteiger partial charge < -0.3 is 9.30 Å². The van der Waals surface area contributed by atoms with E-state index < -0.39 is 0 Å². The summed E-state index contributed by atoms with van der Waals surface area (Å²) in [5.41, 5.74) is 3.56. The predicted molar refractivity (Wildman–Crippen MR) is 102 cm³/mol. The standard InChI is InChI=1S/C19H20ClN3OS/c1-13-8-9-16(10-14(13)2)24-11-18-21-22-19(23(18)3)25-12-15-6-4-5-7-17(15)20/h4-10H,11-12H2,1-3H3. The van der Waals surface area contributed by atoms with Crippen molar-refractivity contribution in [1.82, 2.24) is 14.8 Å². The van der Waals surface area contributed by atoms with Gasteiger partial charge in [-0.1, -0.05) is 47.6 Å². The van der Waals surface area contributed by atoms with Gasteiger partial charge in [0.05, 0.1) is 0 Å². The van der Waals surface area contributed by atoms with Gasteiger partial charge in [-0.05, 0) is 48.7 Å². The van der Waals surface area contributed by atoms with Crippen molar-refractivity contribution in [3.05, 3.63) is 70.0 Å². The third-order valence-electron chi connectivity index (χ3n) is 4.09. The third-order valence-corrected chi connectivity index (χ3v) is 5.52. The van der Waals surface area contributed by atoms with Crippen molar-refractivity contribution in [2.24, 2.45) is 7.05 Å². The maximum atomic E-state index is 6.20. The van der Waals surface area contributed by atoms with Gasteiger partial charge in [-0.3, -0.25) is 0 Å². The summed E-state index contributed by atoms with van der Waals surface area (Å²) in [6.07, 6.45) is 0. The molecule has 1 aromatic heterocycles. The molecule has 0 amide bonds. The molecular formula is C19H20ClN3OS. The second-order valence-electron chi connectivity index (χ2n) is 5.87. The number of aryl methyl sites for hydroxylation is 2. The quantitative estimate of drug-likeness (QED) is 0.573. The molecule has 0 atom stereocenters. The lowest BCUT2D eigenvalue weighted by Gasteiger charge is -2.08. The molecule has 0 aliphatic rings. The summed E-state index contributed by atoms with van der Waals surface area (Å²) >= 11 is 7.81.